The molecule has 0 amide bonds. The highest BCUT2D eigenvalue weighted by Crippen LogP contribution is 2.39. The molecule has 3 aromatic heterocycles. The predicted octanol–water partition coefficient (Wildman–Crippen LogP) is 5.45. The summed E-state index contributed by atoms with van der Waals surface area (Å²) in [5.41, 5.74) is 7.85. The van der Waals surface area contributed by atoms with Gasteiger partial charge in [0.2, 0.25) is 0 Å². The van der Waals surface area contributed by atoms with E-state index < -0.39 is 0 Å². The number of pyridine rings is 1. The van der Waals surface area contributed by atoms with Gasteiger partial charge in [-0.05, 0) is 48.4 Å². The lowest BCUT2D eigenvalue weighted by Gasteiger charge is -2.33. The highest BCUT2D eigenvalue weighted by atomic mass is 16.5. The SMILES string of the molecule is CC(C)c1nc2ncc(-c3ccc4c(c3)CN(c3ncnc5c3CC(C)(C)CC5)CCO4)cc2[nH]1. The smallest absolute Gasteiger partial charge is 0.177 e. The van der Waals surface area contributed by atoms with Gasteiger partial charge in [0.05, 0.1) is 12.1 Å². The Labute approximate surface area is 206 Å². The van der Waals surface area contributed by atoms with Crippen LogP contribution in [0.15, 0.2) is 36.8 Å². The minimum absolute atomic E-state index is 0.271. The first-order chi connectivity index (χ1) is 16.9. The standard InChI is InChI=1S/C28H32N6O/c1-17(2)25-32-23-12-19(14-29-26(23)33-25)18-5-6-24-20(11-18)15-34(9-10-35-24)27-21-13-28(3,4)8-7-22(21)30-16-31-27/h5-6,11-12,14,16-17H,7-10,13,15H2,1-4H3,(H,29,32,33). The first-order valence-corrected chi connectivity index (χ1v) is 12.6. The van der Waals surface area contributed by atoms with E-state index in [9.17, 15) is 0 Å². The molecule has 4 heterocycles. The van der Waals surface area contributed by atoms with Gasteiger partial charge >= 0.3 is 0 Å². The number of rotatable bonds is 3. The lowest BCUT2D eigenvalue weighted by Crippen LogP contribution is -2.31. The van der Waals surface area contributed by atoms with Crippen molar-refractivity contribution in [2.45, 2.75) is 59.4 Å². The number of hydrogen-bond acceptors (Lipinski definition) is 6. The van der Waals surface area contributed by atoms with Crippen LogP contribution in [0.3, 0.4) is 0 Å². The van der Waals surface area contributed by atoms with E-state index in [1.807, 2.05) is 6.20 Å². The summed E-state index contributed by atoms with van der Waals surface area (Å²) in [4.78, 5) is 24.4. The maximum atomic E-state index is 6.16. The topological polar surface area (TPSA) is 79.8 Å². The van der Waals surface area contributed by atoms with Crippen molar-refractivity contribution in [3.8, 4) is 16.9 Å². The van der Waals surface area contributed by atoms with Crippen molar-refractivity contribution in [2.24, 2.45) is 5.41 Å². The van der Waals surface area contributed by atoms with Gasteiger partial charge in [0, 0.05) is 41.0 Å². The number of nitrogens with zero attached hydrogens (tertiary/aromatic N) is 5. The van der Waals surface area contributed by atoms with Gasteiger partial charge in [0.15, 0.2) is 5.65 Å². The second kappa shape index (κ2) is 8.33. The molecule has 1 aliphatic carbocycles. The number of benzene rings is 1. The summed E-state index contributed by atoms with van der Waals surface area (Å²) < 4.78 is 6.16. The Bertz CT molecular complexity index is 1410. The van der Waals surface area contributed by atoms with Gasteiger partial charge in [-0.1, -0.05) is 33.8 Å². The number of ether oxygens (including phenoxy) is 1. The van der Waals surface area contributed by atoms with Crippen molar-refractivity contribution in [1.29, 1.82) is 0 Å². The van der Waals surface area contributed by atoms with E-state index in [2.05, 4.69) is 76.8 Å². The molecule has 0 radical (unpaired) electrons. The van der Waals surface area contributed by atoms with E-state index in [-0.39, 0.29) is 5.41 Å². The summed E-state index contributed by atoms with van der Waals surface area (Å²) in [5.74, 6) is 3.30. The third kappa shape index (κ3) is 4.13. The molecule has 180 valence electrons. The van der Waals surface area contributed by atoms with Gasteiger partial charge in [-0.2, -0.15) is 0 Å². The molecule has 7 heteroatoms. The second-order valence-corrected chi connectivity index (χ2v) is 10.9. The number of aromatic amines is 1. The van der Waals surface area contributed by atoms with Gasteiger partial charge in [-0.15, -0.1) is 0 Å². The van der Waals surface area contributed by atoms with E-state index in [1.54, 1.807) is 6.33 Å². The Balaban J connectivity index is 1.34. The largest absolute Gasteiger partial charge is 0.491 e. The summed E-state index contributed by atoms with van der Waals surface area (Å²) in [6.07, 6.45) is 6.83. The molecule has 1 N–H and O–H groups in total. The molecule has 1 aliphatic heterocycles. The minimum Gasteiger partial charge on any atom is -0.491 e. The lowest BCUT2D eigenvalue weighted by atomic mass is 9.76. The van der Waals surface area contributed by atoms with E-state index >= 15 is 0 Å². The van der Waals surface area contributed by atoms with Crippen molar-refractivity contribution in [3.05, 3.63) is 59.4 Å². The summed E-state index contributed by atoms with van der Waals surface area (Å²) >= 11 is 0. The van der Waals surface area contributed by atoms with Crippen LogP contribution >= 0.6 is 0 Å². The third-order valence-electron chi connectivity index (χ3n) is 7.28. The van der Waals surface area contributed by atoms with Crippen LogP contribution in [-0.4, -0.2) is 38.1 Å². The highest BCUT2D eigenvalue weighted by molar-refractivity contribution is 5.78. The number of anilines is 1. The van der Waals surface area contributed by atoms with Crippen molar-refractivity contribution < 1.29 is 4.74 Å². The van der Waals surface area contributed by atoms with Gasteiger partial charge < -0.3 is 14.6 Å². The maximum absolute atomic E-state index is 6.16. The van der Waals surface area contributed by atoms with Gasteiger partial charge in [-0.25, -0.2) is 19.9 Å². The number of H-pyrrole nitrogens is 1. The van der Waals surface area contributed by atoms with Gasteiger partial charge in [0.1, 0.15) is 30.3 Å². The van der Waals surface area contributed by atoms with Crippen molar-refractivity contribution >= 4 is 17.0 Å². The van der Waals surface area contributed by atoms with Crippen LogP contribution in [0, 0.1) is 5.41 Å². The van der Waals surface area contributed by atoms with E-state index in [0.717, 1.165) is 71.2 Å². The lowest BCUT2D eigenvalue weighted by molar-refractivity contribution is 0.310. The molecule has 0 atom stereocenters. The number of nitrogens with one attached hydrogen (secondary N) is 1. The predicted molar refractivity (Wildman–Crippen MR) is 138 cm³/mol. The number of aryl methyl sites for hydroxylation is 1. The molecule has 2 aliphatic rings. The Hall–Kier alpha value is -3.48. The summed E-state index contributed by atoms with van der Waals surface area (Å²) in [5, 5.41) is 0. The fourth-order valence-electron chi connectivity index (χ4n) is 5.24. The molecule has 7 nitrogen and oxygen atoms in total. The number of fused-ring (bicyclic) bond motifs is 3. The molecular formula is C28H32N6O. The van der Waals surface area contributed by atoms with Crippen LogP contribution in [0.5, 0.6) is 5.75 Å². The summed E-state index contributed by atoms with van der Waals surface area (Å²) in [6.45, 7) is 11.1. The zero-order chi connectivity index (χ0) is 24.2. The minimum atomic E-state index is 0.271. The molecule has 4 aromatic rings. The zero-order valence-electron chi connectivity index (χ0n) is 20.9. The molecule has 35 heavy (non-hydrogen) atoms. The zero-order valence-corrected chi connectivity index (χ0v) is 20.9. The van der Waals surface area contributed by atoms with Crippen LogP contribution in [0.2, 0.25) is 0 Å². The van der Waals surface area contributed by atoms with Crippen LogP contribution in [0.1, 0.15) is 62.7 Å². The Kier molecular flexibility index (Phi) is 5.24. The first kappa shape index (κ1) is 22.0. The number of aromatic nitrogens is 5. The maximum Gasteiger partial charge on any atom is 0.177 e. The third-order valence-corrected chi connectivity index (χ3v) is 7.28. The van der Waals surface area contributed by atoms with Gasteiger partial charge in [0.25, 0.3) is 0 Å². The van der Waals surface area contributed by atoms with Crippen LogP contribution in [-0.2, 0) is 19.4 Å². The van der Waals surface area contributed by atoms with E-state index in [0.29, 0.717) is 12.5 Å². The molecule has 0 spiro atoms. The fourth-order valence-corrected chi connectivity index (χ4v) is 5.24. The molecule has 0 unspecified atom stereocenters. The van der Waals surface area contributed by atoms with E-state index in [4.69, 9.17) is 9.72 Å². The van der Waals surface area contributed by atoms with Crippen molar-refractivity contribution in [2.75, 3.05) is 18.1 Å². The molecule has 0 saturated heterocycles. The number of hydrogen-bond donors (Lipinski definition) is 1. The highest BCUT2D eigenvalue weighted by Gasteiger charge is 2.30. The van der Waals surface area contributed by atoms with Crippen molar-refractivity contribution in [1.82, 2.24) is 24.9 Å². The summed E-state index contributed by atoms with van der Waals surface area (Å²) in [7, 11) is 0. The number of imidazole rings is 1. The molecule has 1 aromatic carbocycles. The Morgan fingerprint density at radius 1 is 1.09 bits per heavy atom. The average Bonchev–Trinajstić information content (AvgIpc) is 3.16. The van der Waals surface area contributed by atoms with Crippen molar-refractivity contribution in [3.63, 3.8) is 0 Å². The van der Waals surface area contributed by atoms with Crippen LogP contribution < -0.4 is 9.64 Å². The fraction of sp³-hybridized carbons (Fsp3) is 0.429. The quantitative estimate of drug-likeness (QED) is 0.431. The summed E-state index contributed by atoms with van der Waals surface area (Å²) in [6, 6.07) is 8.57. The average molecular weight is 469 g/mol. The molecule has 6 rings (SSSR count). The second-order valence-electron chi connectivity index (χ2n) is 10.9. The van der Waals surface area contributed by atoms with Gasteiger partial charge in [-0.3, -0.25) is 0 Å². The Morgan fingerprint density at radius 3 is 2.83 bits per heavy atom. The Morgan fingerprint density at radius 2 is 1.97 bits per heavy atom. The van der Waals surface area contributed by atoms with E-state index in [1.165, 1.54) is 17.7 Å². The van der Waals surface area contributed by atoms with Crippen LogP contribution in [0.25, 0.3) is 22.3 Å². The first-order valence-electron chi connectivity index (χ1n) is 12.6. The van der Waals surface area contributed by atoms with Crippen LogP contribution in [0.4, 0.5) is 5.82 Å². The molecule has 0 bridgehead atoms. The molecule has 0 saturated carbocycles. The monoisotopic (exact) mass is 468 g/mol. The molecule has 0 fully saturated rings. The normalized spacial score (nSPS) is 17.1. The molecular weight excluding hydrogens is 436 g/mol.